The third kappa shape index (κ3) is 5.79. The van der Waals surface area contributed by atoms with Gasteiger partial charge in [0.25, 0.3) is 5.91 Å². The molecule has 184 valence electrons. The summed E-state index contributed by atoms with van der Waals surface area (Å²) in [6.07, 6.45) is 4.32. The van der Waals surface area contributed by atoms with Crippen LogP contribution in [0.5, 0.6) is 5.75 Å². The van der Waals surface area contributed by atoms with Gasteiger partial charge < -0.3 is 9.64 Å². The lowest BCUT2D eigenvalue weighted by atomic mass is 9.98. The van der Waals surface area contributed by atoms with Gasteiger partial charge in [0.2, 0.25) is 10.0 Å². The van der Waals surface area contributed by atoms with Crippen LogP contribution in [-0.2, 0) is 23.1 Å². The molecule has 0 aromatic heterocycles. The fraction of sp³-hybridized carbons (Fsp3) is 0.500. The van der Waals surface area contributed by atoms with Crippen LogP contribution < -0.4 is 9.46 Å². The maximum Gasteiger partial charge on any atom is 0.257 e. The first-order chi connectivity index (χ1) is 16.4. The number of nitrogens with zero attached hydrogens (tertiary/aromatic N) is 2. The van der Waals surface area contributed by atoms with Gasteiger partial charge in [-0.2, -0.15) is 0 Å². The quantitative estimate of drug-likeness (QED) is 0.618. The number of amides is 1. The zero-order valence-corrected chi connectivity index (χ0v) is 20.9. The molecule has 34 heavy (non-hydrogen) atoms. The van der Waals surface area contributed by atoms with E-state index in [2.05, 4.69) is 22.6 Å². The summed E-state index contributed by atoms with van der Waals surface area (Å²) in [4.78, 5) is 17.4. The number of likely N-dealkylation sites (tertiary alicyclic amines) is 2. The molecule has 0 atom stereocenters. The lowest BCUT2D eigenvalue weighted by Crippen LogP contribution is -2.38. The van der Waals surface area contributed by atoms with Gasteiger partial charge >= 0.3 is 0 Å². The van der Waals surface area contributed by atoms with Crippen molar-refractivity contribution in [2.45, 2.75) is 50.6 Å². The fourth-order valence-corrected chi connectivity index (χ4v) is 5.76. The van der Waals surface area contributed by atoms with Gasteiger partial charge in [0.15, 0.2) is 0 Å². The summed E-state index contributed by atoms with van der Waals surface area (Å²) in [7, 11) is -2.32. The van der Waals surface area contributed by atoms with Crippen molar-refractivity contribution in [3.8, 4) is 5.75 Å². The zero-order chi connectivity index (χ0) is 24.1. The zero-order valence-electron chi connectivity index (χ0n) is 20.1. The first kappa shape index (κ1) is 24.7. The number of methoxy groups -OCH3 is 1. The van der Waals surface area contributed by atoms with E-state index in [4.69, 9.17) is 4.74 Å². The van der Waals surface area contributed by atoms with Crippen LogP contribution in [0.4, 0.5) is 0 Å². The molecule has 0 spiro atoms. The minimum absolute atomic E-state index is 0.0686. The largest absolute Gasteiger partial charge is 0.496 e. The lowest BCUT2D eigenvalue weighted by Gasteiger charge is -2.30. The number of hydrogen-bond acceptors (Lipinski definition) is 5. The first-order valence-corrected chi connectivity index (χ1v) is 13.6. The number of carbonyl (C=O) groups is 1. The van der Waals surface area contributed by atoms with Gasteiger partial charge in [0, 0.05) is 26.2 Å². The summed E-state index contributed by atoms with van der Waals surface area (Å²) >= 11 is 0. The maximum absolute atomic E-state index is 13.2. The van der Waals surface area contributed by atoms with E-state index in [1.807, 2.05) is 18.2 Å². The normalized spacial score (nSPS) is 17.8. The van der Waals surface area contributed by atoms with E-state index >= 15 is 0 Å². The van der Waals surface area contributed by atoms with E-state index in [1.165, 1.54) is 32.1 Å². The molecule has 2 aromatic carbocycles. The van der Waals surface area contributed by atoms with Crippen LogP contribution in [0.3, 0.4) is 0 Å². The van der Waals surface area contributed by atoms with E-state index < -0.39 is 10.0 Å². The Hall–Kier alpha value is -2.42. The number of piperidine rings is 1. The van der Waals surface area contributed by atoms with Crippen molar-refractivity contribution in [3.63, 3.8) is 0 Å². The molecule has 0 saturated carbocycles. The Labute approximate surface area is 203 Å². The van der Waals surface area contributed by atoms with Crippen molar-refractivity contribution in [2.24, 2.45) is 5.92 Å². The molecule has 1 amide bonds. The number of nitrogens with one attached hydrogen (secondary N) is 1. The Bertz CT molecular complexity index is 1100. The predicted octanol–water partition coefficient (Wildman–Crippen LogP) is 3.64. The second-order valence-corrected chi connectivity index (χ2v) is 11.2. The molecule has 0 unspecified atom stereocenters. The number of rotatable bonds is 8. The second kappa shape index (κ2) is 10.9. The maximum atomic E-state index is 13.2. The van der Waals surface area contributed by atoms with Gasteiger partial charge in [0.05, 0.1) is 17.6 Å². The fourth-order valence-electron chi connectivity index (χ4n) is 4.73. The molecule has 2 saturated heterocycles. The Morgan fingerprint density at radius 2 is 1.71 bits per heavy atom. The standard InChI is InChI=1S/C26H35N3O4S/c1-20-11-15-29(16-12-20)26(30)24-17-23(9-10-25(24)33-2)34(31,32)27-18-21-7-3-4-8-22(21)19-28-13-5-6-14-28/h3-4,7-10,17,20,27H,5-6,11-16,18-19H2,1-2H3. The summed E-state index contributed by atoms with van der Waals surface area (Å²) in [6.45, 7) is 6.72. The van der Waals surface area contributed by atoms with Crippen molar-refractivity contribution in [1.82, 2.24) is 14.5 Å². The Balaban J connectivity index is 1.50. The Kier molecular flexibility index (Phi) is 7.91. The van der Waals surface area contributed by atoms with Crippen molar-refractivity contribution in [3.05, 3.63) is 59.2 Å². The van der Waals surface area contributed by atoms with E-state index in [1.54, 1.807) is 11.0 Å². The van der Waals surface area contributed by atoms with Crippen LogP contribution in [0.15, 0.2) is 47.4 Å². The predicted molar refractivity (Wildman–Crippen MR) is 132 cm³/mol. The lowest BCUT2D eigenvalue weighted by molar-refractivity contribution is 0.0693. The molecular formula is C26H35N3O4S. The molecule has 0 radical (unpaired) electrons. The van der Waals surface area contributed by atoms with E-state index in [9.17, 15) is 13.2 Å². The van der Waals surface area contributed by atoms with Gasteiger partial charge in [-0.1, -0.05) is 31.2 Å². The minimum Gasteiger partial charge on any atom is -0.496 e. The van der Waals surface area contributed by atoms with Crippen LogP contribution >= 0.6 is 0 Å². The smallest absolute Gasteiger partial charge is 0.257 e. The van der Waals surface area contributed by atoms with E-state index in [0.29, 0.717) is 24.8 Å². The summed E-state index contributed by atoms with van der Waals surface area (Å²) < 4.78 is 34.5. The first-order valence-electron chi connectivity index (χ1n) is 12.1. The van der Waals surface area contributed by atoms with Crippen LogP contribution in [0, 0.1) is 5.92 Å². The molecule has 7 nitrogen and oxygen atoms in total. The molecule has 2 fully saturated rings. The minimum atomic E-state index is -3.81. The molecule has 8 heteroatoms. The highest BCUT2D eigenvalue weighted by Crippen LogP contribution is 2.26. The molecule has 0 bridgehead atoms. The van der Waals surface area contributed by atoms with Crippen LogP contribution in [0.25, 0.3) is 0 Å². The Morgan fingerprint density at radius 1 is 1.03 bits per heavy atom. The van der Waals surface area contributed by atoms with Gasteiger partial charge in [-0.25, -0.2) is 13.1 Å². The van der Waals surface area contributed by atoms with Gasteiger partial charge in [-0.05, 0) is 74.0 Å². The van der Waals surface area contributed by atoms with E-state index in [0.717, 1.165) is 43.6 Å². The number of hydrogen-bond donors (Lipinski definition) is 1. The Morgan fingerprint density at radius 3 is 2.38 bits per heavy atom. The monoisotopic (exact) mass is 485 g/mol. The summed E-state index contributed by atoms with van der Waals surface area (Å²) in [6, 6.07) is 12.5. The molecule has 2 heterocycles. The van der Waals surface area contributed by atoms with Crippen molar-refractivity contribution < 1.29 is 17.9 Å². The summed E-state index contributed by atoms with van der Waals surface area (Å²) in [5.74, 6) is 0.797. The van der Waals surface area contributed by atoms with Crippen LogP contribution in [-0.4, -0.2) is 57.4 Å². The van der Waals surface area contributed by atoms with Crippen molar-refractivity contribution >= 4 is 15.9 Å². The number of ether oxygens (including phenoxy) is 1. The molecule has 2 aromatic rings. The average Bonchev–Trinajstić information content (AvgIpc) is 3.36. The highest BCUT2D eigenvalue weighted by Gasteiger charge is 2.26. The molecule has 2 aliphatic rings. The molecular weight excluding hydrogens is 450 g/mol. The van der Waals surface area contributed by atoms with Gasteiger partial charge in [-0.15, -0.1) is 0 Å². The highest BCUT2D eigenvalue weighted by atomic mass is 32.2. The van der Waals surface area contributed by atoms with E-state index in [-0.39, 0.29) is 22.9 Å². The van der Waals surface area contributed by atoms with Gasteiger partial charge in [0.1, 0.15) is 5.75 Å². The topological polar surface area (TPSA) is 79.0 Å². The third-order valence-electron chi connectivity index (χ3n) is 6.95. The number of carbonyl (C=O) groups excluding carboxylic acids is 1. The van der Waals surface area contributed by atoms with Crippen molar-refractivity contribution in [1.29, 1.82) is 0 Å². The average molecular weight is 486 g/mol. The highest BCUT2D eigenvalue weighted by molar-refractivity contribution is 7.89. The van der Waals surface area contributed by atoms with Crippen LogP contribution in [0.2, 0.25) is 0 Å². The second-order valence-electron chi connectivity index (χ2n) is 9.41. The van der Waals surface area contributed by atoms with Crippen molar-refractivity contribution in [2.75, 3.05) is 33.3 Å². The van der Waals surface area contributed by atoms with Gasteiger partial charge in [-0.3, -0.25) is 9.69 Å². The molecule has 0 aliphatic carbocycles. The molecule has 2 aliphatic heterocycles. The summed E-state index contributed by atoms with van der Waals surface area (Å²) in [5.41, 5.74) is 2.39. The SMILES string of the molecule is COc1ccc(S(=O)(=O)NCc2ccccc2CN2CCCC2)cc1C(=O)N1CCC(C)CC1. The molecule has 4 rings (SSSR count). The number of benzene rings is 2. The molecule has 1 N–H and O–H groups in total. The number of sulfonamides is 1. The summed E-state index contributed by atoms with van der Waals surface area (Å²) in [5, 5.41) is 0. The third-order valence-corrected chi connectivity index (χ3v) is 8.35. The van der Waals surface area contributed by atoms with Crippen LogP contribution in [0.1, 0.15) is 54.1 Å².